The molecule has 172 valence electrons. The molecular formula is C18H22N6O7S. The molecule has 0 spiro atoms. The highest BCUT2D eigenvalue weighted by Crippen LogP contribution is 2.32. The third-order valence-corrected chi connectivity index (χ3v) is 5.66. The summed E-state index contributed by atoms with van der Waals surface area (Å²) in [6.07, 6.45) is -2.46. The molecule has 4 rings (SSSR count). The molecule has 0 amide bonds. The zero-order valence-electron chi connectivity index (χ0n) is 16.6. The number of benzene rings is 1. The summed E-state index contributed by atoms with van der Waals surface area (Å²) in [5.41, 5.74) is 1.46. The van der Waals surface area contributed by atoms with E-state index in [-0.39, 0.29) is 12.3 Å². The Bertz CT molecular complexity index is 1180. The van der Waals surface area contributed by atoms with Gasteiger partial charge < -0.3 is 25.4 Å². The molecule has 5 atom stereocenters. The van der Waals surface area contributed by atoms with E-state index in [4.69, 9.17) is 9.29 Å². The average molecular weight is 466 g/mol. The van der Waals surface area contributed by atoms with Crippen molar-refractivity contribution in [2.45, 2.75) is 30.6 Å². The van der Waals surface area contributed by atoms with E-state index in [0.717, 1.165) is 5.56 Å². The number of ether oxygens (including phenoxy) is 1. The standard InChI is InChI=1S/C18H22N6O7S/c25-7-11(10-4-2-1-3-5-10)23-16-13-17(20-8-19-16)24(9-21-13)18-15(27)14(26)12(31-18)6-22-32(28,29)30/h1-5,8-9,11-12,14-15,18,22,25-27H,6-7H2,(H,19,20,23)(H,28,29,30)/t11-,12+,14+,15+,18+/m0/s1. The van der Waals surface area contributed by atoms with Crippen molar-refractivity contribution < 1.29 is 33.0 Å². The van der Waals surface area contributed by atoms with Crippen LogP contribution in [0.4, 0.5) is 5.82 Å². The number of fused-ring (bicyclic) bond motifs is 1. The fourth-order valence-electron chi connectivity index (χ4n) is 3.54. The van der Waals surface area contributed by atoms with Crippen LogP contribution in [0.15, 0.2) is 43.0 Å². The van der Waals surface area contributed by atoms with Crippen LogP contribution < -0.4 is 10.0 Å². The van der Waals surface area contributed by atoms with E-state index in [0.29, 0.717) is 11.3 Å². The molecule has 1 fully saturated rings. The number of nitrogens with zero attached hydrogens (tertiary/aromatic N) is 4. The van der Waals surface area contributed by atoms with Crippen molar-refractivity contribution in [3.8, 4) is 0 Å². The highest BCUT2D eigenvalue weighted by molar-refractivity contribution is 7.83. The van der Waals surface area contributed by atoms with Crippen LogP contribution in [-0.2, 0) is 15.0 Å². The largest absolute Gasteiger partial charge is 0.394 e. The topological polar surface area (TPSA) is 192 Å². The molecule has 0 bridgehead atoms. The number of nitrogens with one attached hydrogen (secondary N) is 2. The normalized spacial score (nSPS) is 24.6. The van der Waals surface area contributed by atoms with Crippen molar-refractivity contribution in [3.05, 3.63) is 48.5 Å². The van der Waals surface area contributed by atoms with Crippen LogP contribution in [-0.4, -0.2) is 79.3 Å². The third-order valence-electron chi connectivity index (χ3n) is 5.13. The lowest BCUT2D eigenvalue weighted by atomic mass is 10.1. The molecule has 14 heteroatoms. The number of hydrogen-bond donors (Lipinski definition) is 6. The SMILES string of the molecule is O=S(=O)(O)NC[C@H]1O[C@@H](n2cnc3c(N[C@@H](CO)c4ccccc4)ncnc32)[C@H](O)[C@@H]1O. The van der Waals surface area contributed by atoms with Gasteiger partial charge >= 0.3 is 10.3 Å². The number of rotatable bonds is 8. The maximum Gasteiger partial charge on any atom is 0.333 e. The van der Waals surface area contributed by atoms with Gasteiger partial charge in [0, 0.05) is 6.54 Å². The smallest absolute Gasteiger partial charge is 0.333 e. The Labute approximate surface area is 182 Å². The molecule has 0 saturated carbocycles. The number of aliphatic hydroxyl groups excluding tert-OH is 3. The predicted octanol–water partition coefficient (Wildman–Crippen LogP) is -1.02. The highest BCUT2D eigenvalue weighted by atomic mass is 32.2. The monoisotopic (exact) mass is 466 g/mol. The quantitative estimate of drug-likeness (QED) is 0.223. The van der Waals surface area contributed by atoms with Crippen LogP contribution >= 0.6 is 0 Å². The molecule has 0 unspecified atom stereocenters. The predicted molar refractivity (Wildman–Crippen MR) is 111 cm³/mol. The van der Waals surface area contributed by atoms with Gasteiger partial charge in [0.1, 0.15) is 24.6 Å². The number of aromatic nitrogens is 4. The molecule has 0 radical (unpaired) electrons. The molecule has 1 aromatic carbocycles. The van der Waals surface area contributed by atoms with Gasteiger partial charge in [-0.3, -0.25) is 9.12 Å². The first-order valence-corrected chi connectivity index (χ1v) is 11.1. The molecule has 0 aliphatic carbocycles. The fourth-order valence-corrected chi connectivity index (χ4v) is 3.92. The summed E-state index contributed by atoms with van der Waals surface area (Å²) in [6.45, 7) is -0.646. The van der Waals surface area contributed by atoms with Gasteiger partial charge in [-0.05, 0) is 5.56 Å². The summed E-state index contributed by atoms with van der Waals surface area (Å²) >= 11 is 0. The third kappa shape index (κ3) is 4.56. The Morgan fingerprint density at radius 2 is 1.88 bits per heavy atom. The molecule has 6 N–H and O–H groups in total. The molecule has 32 heavy (non-hydrogen) atoms. The van der Waals surface area contributed by atoms with Crippen molar-refractivity contribution >= 4 is 27.3 Å². The summed E-state index contributed by atoms with van der Waals surface area (Å²) in [4.78, 5) is 12.7. The Balaban J connectivity index is 1.59. The molecule has 1 saturated heterocycles. The maximum absolute atomic E-state index is 10.9. The van der Waals surface area contributed by atoms with E-state index < -0.39 is 47.4 Å². The lowest BCUT2D eigenvalue weighted by Gasteiger charge is -2.18. The second-order valence-corrected chi connectivity index (χ2v) is 8.45. The lowest BCUT2D eigenvalue weighted by molar-refractivity contribution is -0.0331. The first-order valence-electron chi connectivity index (χ1n) is 9.62. The second-order valence-electron chi connectivity index (χ2n) is 7.21. The molecule has 3 heterocycles. The van der Waals surface area contributed by atoms with Crippen molar-refractivity contribution in [1.82, 2.24) is 24.2 Å². The van der Waals surface area contributed by atoms with Gasteiger partial charge in [-0.1, -0.05) is 30.3 Å². The maximum atomic E-state index is 10.9. The Morgan fingerprint density at radius 1 is 1.12 bits per heavy atom. The van der Waals surface area contributed by atoms with Crippen LogP contribution in [0.5, 0.6) is 0 Å². The van der Waals surface area contributed by atoms with Crippen molar-refractivity contribution in [1.29, 1.82) is 0 Å². The number of imidazole rings is 1. The van der Waals surface area contributed by atoms with Gasteiger partial charge in [-0.25, -0.2) is 15.0 Å². The first kappa shape index (κ1) is 22.5. The van der Waals surface area contributed by atoms with E-state index in [1.165, 1.54) is 17.2 Å². The molecule has 1 aliphatic rings. The molecular weight excluding hydrogens is 444 g/mol. The number of hydrogen-bond acceptors (Lipinski definition) is 10. The van der Waals surface area contributed by atoms with E-state index in [1.54, 1.807) is 0 Å². The van der Waals surface area contributed by atoms with Crippen molar-refractivity contribution in [3.63, 3.8) is 0 Å². The fraction of sp³-hybridized carbons (Fsp3) is 0.389. The Kier molecular flexibility index (Phi) is 6.34. The average Bonchev–Trinajstić information content (AvgIpc) is 3.32. The van der Waals surface area contributed by atoms with Crippen LogP contribution in [0, 0.1) is 0 Å². The summed E-state index contributed by atoms with van der Waals surface area (Å²) in [6, 6.07) is 8.82. The zero-order valence-corrected chi connectivity index (χ0v) is 17.4. The summed E-state index contributed by atoms with van der Waals surface area (Å²) in [5.74, 6) is 0.342. The van der Waals surface area contributed by atoms with Gasteiger partial charge in [-0.2, -0.15) is 13.1 Å². The van der Waals surface area contributed by atoms with Crippen LogP contribution in [0.25, 0.3) is 11.2 Å². The van der Waals surface area contributed by atoms with Gasteiger partial charge in [0.05, 0.1) is 19.0 Å². The van der Waals surface area contributed by atoms with Crippen LogP contribution in [0.1, 0.15) is 17.8 Å². The minimum Gasteiger partial charge on any atom is -0.394 e. The van der Waals surface area contributed by atoms with E-state index >= 15 is 0 Å². The first-order chi connectivity index (χ1) is 15.3. The highest BCUT2D eigenvalue weighted by Gasteiger charge is 2.44. The Morgan fingerprint density at radius 3 is 2.56 bits per heavy atom. The number of anilines is 1. The molecule has 13 nitrogen and oxygen atoms in total. The molecule has 1 aliphatic heterocycles. The minimum atomic E-state index is -4.49. The van der Waals surface area contributed by atoms with E-state index in [2.05, 4.69) is 20.3 Å². The molecule has 2 aromatic heterocycles. The Hall–Kier alpha value is -2.72. The molecule has 3 aromatic rings. The van der Waals surface area contributed by atoms with Gasteiger partial charge in [0.2, 0.25) is 0 Å². The number of aliphatic hydroxyl groups is 3. The summed E-state index contributed by atoms with van der Waals surface area (Å²) < 4.78 is 39.5. The van der Waals surface area contributed by atoms with E-state index in [1.807, 2.05) is 35.1 Å². The van der Waals surface area contributed by atoms with Crippen molar-refractivity contribution in [2.75, 3.05) is 18.5 Å². The van der Waals surface area contributed by atoms with Crippen LogP contribution in [0.2, 0.25) is 0 Å². The lowest BCUT2D eigenvalue weighted by Crippen LogP contribution is -2.39. The minimum absolute atomic E-state index is 0.199. The van der Waals surface area contributed by atoms with Gasteiger partial charge in [-0.15, -0.1) is 0 Å². The van der Waals surface area contributed by atoms with Crippen LogP contribution in [0.3, 0.4) is 0 Å². The summed E-state index contributed by atoms with van der Waals surface area (Å²) in [7, 11) is -4.49. The van der Waals surface area contributed by atoms with Crippen molar-refractivity contribution in [2.24, 2.45) is 0 Å². The summed E-state index contributed by atoms with van der Waals surface area (Å²) in [5, 5.41) is 33.6. The zero-order chi connectivity index (χ0) is 22.9. The van der Waals surface area contributed by atoms with Gasteiger partial charge in [0.25, 0.3) is 0 Å². The van der Waals surface area contributed by atoms with Gasteiger partial charge in [0.15, 0.2) is 23.2 Å². The van der Waals surface area contributed by atoms with E-state index in [9.17, 15) is 23.7 Å². The second kappa shape index (κ2) is 9.03.